The van der Waals surface area contributed by atoms with Crippen LogP contribution in [-0.4, -0.2) is 39.3 Å². The molecule has 1 aromatic heterocycles. The third kappa shape index (κ3) is 1.45. The molecule has 0 bridgehead atoms. The Kier molecular flexibility index (Phi) is 2.41. The lowest BCUT2D eigenvalue weighted by atomic mass is 10.1. The molecular weight excluding hydrogens is 234 g/mol. The van der Waals surface area contributed by atoms with Crippen molar-refractivity contribution >= 4 is 5.84 Å². The number of hydrogen-bond donors (Lipinski definition) is 2. The number of fused-ring (bicyclic) bond motifs is 2. The lowest BCUT2D eigenvalue weighted by Crippen LogP contribution is -2.56. The molecule has 2 aliphatic heterocycles. The maximum Gasteiger partial charge on any atom is 0.223 e. The number of hydrogen-bond acceptors (Lipinski definition) is 4. The van der Waals surface area contributed by atoms with E-state index in [0.29, 0.717) is 13.2 Å². The van der Waals surface area contributed by atoms with Gasteiger partial charge in [-0.05, 0) is 13.3 Å². The average molecular weight is 249 g/mol. The van der Waals surface area contributed by atoms with Crippen molar-refractivity contribution in [3.63, 3.8) is 0 Å². The summed E-state index contributed by atoms with van der Waals surface area (Å²) in [5.74, 6) is -0.188. The maximum atomic E-state index is 11.5. The molecule has 18 heavy (non-hydrogen) atoms. The fourth-order valence-electron chi connectivity index (χ4n) is 2.64. The molecule has 3 rings (SSSR count). The third-order valence-corrected chi connectivity index (χ3v) is 3.62. The second-order valence-electron chi connectivity index (χ2n) is 4.75. The molecule has 0 amide bonds. The summed E-state index contributed by atoms with van der Waals surface area (Å²) in [7, 11) is 0. The molecule has 1 aromatic rings. The Morgan fingerprint density at radius 2 is 2.33 bits per heavy atom. The van der Waals surface area contributed by atoms with E-state index in [1.807, 2.05) is 11.8 Å². The number of rotatable bonds is 0. The number of ether oxygens (including phenoxy) is 1. The van der Waals surface area contributed by atoms with Crippen molar-refractivity contribution in [1.29, 1.82) is 5.41 Å². The summed E-state index contributed by atoms with van der Waals surface area (Å²) in [5, 5.41) is 18.0. The van der Waals surface area contributed by atoms with Gasteiger partial charge in [-0.3, -0.25) is 10.2 Å². The van der Waals surface area contributed by atoms with E-state index in [2.05, 4.69) is 0 Å². The van der Waals surface area contributed by atoms with Crippen LogP contribution in [0.15, 0.2) is 17.1 Å². The van der Waals surface area contributed by atoms with Crippen molar-refractivity contribution in [3.8, 4) is 5.75 Å². The fourth-order valence-corrected chi connectivity index (χ4v) is 2.64. The summed E-state index contributed by atoms with van der Waals surface area (Å²) in [6.45, 7) is 3.23. The van der Waals surface area contributed by atoms with Crippen molar-refractivity contribution in [3.05, 3.63) is 28.2 Å². The quantitative estimate of drug-likeness (QED) is 0.694. The van der Waals surface area contributed by atoms with E-state index in [1.165, 1.54) is 6.07 Å². The van der Waals surface area contributed by atoms with E-state index in [4.69, 9.17) is 10.1 Å². The SMILES string of the molecule is C[C@@H]1CCOC2Cn3ccc(=O)c(O)c3C(=N)N21. The molecule has 1 unspecified atom stereocenters. The minimum absolute atomic E-state index is 0.161. The number of amidine groups is 1. The fraction of sp³-hybridized carbons (Fsp3) is 0.500. The molecule has 1 saturated heterocycles. The molecule has 6 nitrogen and oxygen atoms in total. The van der Waals surface area contributed by atoms with Crippen molar-refractivity contribution in [2.75, 3.05) is 6.61 Å². The normalized spacial score (nSPS) is 26.7. The van der Waals surface area contributed by atoms with Crippen LogP contribution in [-0.2, 0) is 11.3 Å². The van der Waals surface area contributed by atoms with Gasteiger partial charge in [0.2, 0.25) is 5.43 Å². The first-order valence-electron chi connectivity index (χ1n) is 6.01. The van der Waals surface area contributed by atoms with Gasteiger partial charge in [0.1, 0.15) is 11.9 Å². The summed E-state index contributed by atoms with van der Waals surface area (Å²) < 4.78 is 7.36. The van der Waals surface area contributed by atoms with Crippen LogP contribution in [0.3, 0.4) is 0 Å². The van der Waals surface area contributed by atoms with Crippen LogP contribution in [0.1, 0.15) is 19.0 Å². The van der Waals surface area contributed by atoms with Crippen LogP contribution < -0.4 is 5.43 Å². The van der Waals surface area contributed by atoms with Gasteiger partial charge in [-0.15, -0.1) is 0 Å². The average Bonchev–Trinajstić information content (AvgIpc) is 2.34. The lowest BCUT2D eigenvalue weighted by molar-refractivity contribution is -0.0959. The van der Waals surface area contributed by atoms with E-state index in [1.54, 1.807) is 10.8 Å². The monoisotopic (exact) mass is 249 g/mol. The number of pyridine rings is 1. The van der Waals surface area contributed by atoms with Crippen LogP contribution in [0.25, 0.3) is 0 Å². The highest BCUT2D eigenvalue weighted by Crippen LogP contribution is 2.28. The molecule has 3 heterocycles. The van der Waals surface area contributed by atoms with Gasteiger partial charge in [-0.2, -0.15) is 0 Å². The van der Waals surface area contributed by atoms with Crippen LogP contribution in [0, 0.1) is 5.41 Å². The van der Waals surface area contributed by atoms with Gasteiger partial charge in [-0.1, -0.05) is 0 Å². The molecule has 2 aliphatic rings. The van der Waals surface area contributed by atoms with Gasteiger partial charge in [-0.25, -0.2) is 0 Å². The minimum atomic E-state index is -0.449. The molecule has 0 spiro atoms. The summed E-state index contributed by atoms with van der Waals surface area (Å²) in [5.41, 5.74) is -0.161. The Morgan fingerprint density at radius 1 is 1.56 bits per heavy atom. The predicted molar refractivity (Wildman–Crippen MR) is 64.9 cm³/mol. The Labute approximate surface area is 104 Å². The topological polar surface area (TPSA) is 78.5 Å². The van der Waals surface area contributed by atoms with Crippen molar-refractivity contribution in [2.45, 2.75) is 32.2 Å². The first kappa shape index (κ1) is 11.3. The lowest BCUT2D eigenvalue weighted by Gasteiger charge is -2.45. The second kappa shape index (κ2) is 3.84. The third-order valence-electron chi connectivity index (χ3n) is 3.62. The van der Waals surface area contributed by atoms with Crippen LogP contribution in [0.2, 0.25) is 0 Å². The molecule has 2 atom stereocenters. The van der Waals surface area contributed by atoms with E-state index in [-0.39, 0.29) is 29.5 Å². The van der Waals surface area contributed by atoms with E-state index < -0.39 is 5.43 Å². The molecule has 0 saturated carbocycles. The first-order chi connectivity index (χ1) is 8.59. The smallest absolute Gasteiger partial charge is 0.223 e. The number of nitrogens with one attached hydrogen (secondary N) is 1. The Bertz CT molecular complexity index is 566. The Morgan fingerprint density at radius 3 is 3.11 bits per heavy atom. The zero-order chi connectivity index (χ0) is 12.9. The van der Waals surface area contributed by atoms with Crippen LogP contribution in [0.5, 0.6) is 5.75 Å². The molecule has 2 N–H and O–H groups in total. The number of aromatic hydroxyl groups is 1. The molecule has 0 aliphatic carbocycles. The molecule has 0 aromatic carbocycles. The standard InChI is InChI=1S/C12H15N3O3/c1-7-3-5-18-9-6-14-4-2-8(16)11(17)10(14)12(13)15(7)9/h2,4,7,9,13,17H,3,5-6H2,1H3/t7-,9?/m1/s1. The molecule has 1 fully saturated rings. The summed E-state index contributed by atoms with van der Waals surface area (Å²) in [6, 6.07) is 1.49. The van der Waals surface area contributed by atoms with Gasteiger partial charge in [0, 0.05) is 18.3 Å². The summed E-state index contributed by atoms with van der Waals surface area (Å²) in [4.78, 5) is 13.3. The van der Waals surface area contributed by atoms with Gasteiger partial charge in [0.05, 0.1) is 13.2 Å². The van der Waals surface area contributed by atoms with Gasteiger partial charge in [0.15, 0.2) is 11.6 Å². The second-order valence-corrected chi connectivity index (χ2v) is 4.75. The molecular formula is C12H15N3O3. The summed E-state index contributed by atoms with van der Waals surface area (Å²) in [6.07, 6.45) is 2.26. The predicted octanol–water partition coefficient (Wildman–Crippen LogP) is 0.330. The zero-order valence-corrected chi connectivity index (χ0v) is 10.1. The highest BCUT2D eigenvalue weighted by molar-refractivity contribution is 5.98. The van der Waals surface area contributed by atoms with Crippen LogP contribution >= 0.6 is 0 Å². The van der Waals surface area contributed by atoms with E-state index in [9.17, 15) is 9.90 Å². The van der Waals surface area contributed by atoms with E-state index >= 15 is 0 Å². The Hall–Kier alpha value is -1.82. The van der Waals surface area contributed by atoms with Crippen LogP contribution in [0.4, 0.5) is 0 Å². The van der Waals surface area contributed by atoms with Crippen molar-refractivity contribution in [2.24, 2.45) is 0 Å². The number of nitrogens with zero attached hydrogens (tertiary/aromatic N) is 2. The number of aromatic nitrogens is 1. The van der Waals surface area contributed by atoms with Crippen molar-refractivity contribution < 1.29 is 9.84 Å². The highest BCUT2D eigenvalue weighted by Gasteiger charge is 2.37. The Balaban J connectivity index is 2.13. The first-order valence-corrected chi connectivity index (χ1v) is 6.01. The maximum absolute atomic E-state index is 11.5. The summed E-state index contributed by atoms with van der Waals surface area (Å²) >= 11 is 0. The minimum Gasteiger partial charge on any atom is -0.503 e. The van der Waals surface area contributed by atoms with E-state index in [0.717, 1.165) is 6.42 Å². The highest BCUT2D eigenvalue weighted by atomic mass is 16.5. The van der Waals surface area contributed by atoms with Crippen molar-refractivity contribution in [1.82, 2.24) is 9.47 Å². The zero-order valence-electron chi connectivity index (χ0n) is 10.1. The van der Waals surface area contributed by atoms with Gasteiger partial charge < -0.3 is 19.3 Å². The largest absolute Gasteiger partial charge is 0.503 e. The molecule has 96 valence electrons. The molecule has 6 heteroatoms. The van der Waals surface area contributed by atoms with Gasteiger partial charge in [0.25, 0.3) is 0 Å². The molecule has 0 radical (unpaired) electrons. The van der Waals surface area contributed by atoms with Gasteiger partial charge >= 0.3 is 0 Å².